The number of sulfone groups is 1. The minimum absolute atomic E-state index is 0.0712. The molecule has 2 aromatic heterocycles. The summed E-state index contributed by atoms with van der Waals surface area (Å²) in [7, 11) is -3.55. The van der Waals surface area contributed by atoms with Crippen LogP contribution in [0.2, 0.25) is 0 Å². The van der Waals surface area contributed by atoms with Gasteiger partial charge in [0.2, 0.25) is 0 Å². The van der Waals surface area contributed by atoms with Crippen molar-refractivity contribution in [1.29, 1.82) is 0 Å². The van der Waals surface area contributed by atoms with E-state index in [1.165, 1.54) is 28.9 Å². The molecule has 126 valence electrons. The molecule has 0 aliphatic heterocycles. The van der Waals surface area contributed by atoms with Gasteiger partial charge in [0.25, 0.3) is 0 Å². The van der Waals surface area contributed by atoms with E-state index in [4.69, 9.17) is 4.74 Å². The first-order valence-corrected chi connectivity index (χ1v) is 9.51. The molecule has 0 radical (unpaired) electrons. The Morgan fingerprint density at radius 3 is 2.70 bits per heavy atom. The third-order valence-electron chi connectivity index (χ3n) is 2.74. The third kappa shape index (κ3) is 4.27. The van der Waals surface area contributed by atoms with E-state index in [2.05, 4.69) is 4.98 Å². The van der Waals surface area contributed by atoms with Gasteiger partial charge in [-0.05, 0) is 19.1 Å². The fourth-order valence-electron chi connectivity index (χ4n) is 1.85. The SMILES string of the molecule is CCOC(=O)c1cn2cc(N(CS(C)(=O)=O)S(=O)[O-])ccc2n1. The summed E-state index contributed by atoms with van der Waals surface area (Å²) < 4.78 is 52.2. The zero-order valence-corrected chi connectivity index (χ0v) is 14.0. The summed E-state index contributed by atoms with van der Waals surface area (Å²) in [4.78, 5) is 15.7. The van der Waals surface area contributed by atoms with Crippen molar-refractivity contribution in [2.45, 2.75) is 6.92 Å². The van der Waals surface area contributed by atoms with Crippen molar-refractivity contribution >= 4 is 38.4 Å². The highest BCUT2D eigenvalue weighted by molar-refractivity contribution is 7.92. The van der Waals surface area contributed by atoms with Gasteiger partial charge in [0.15, 0.2) is 15.5 Å². The Labute approximate surface area is 135 Å². The van der Waals surface area contributed by atoms with Crippen LogP contribution >= 0.6 is 0 Å². The number of pyridine rings is 1. The van der Waals surface area contributed by atoms with Crippen LogP contribution in [-0.2, 0) is 25.8 Å². The number of anilines is 1. The van der Waals surface area contributed by atoms with Crippen molar-refractivity contribution in [3.63, 3.8) is 0 Å². The largest absolute Gasteiger partial charge is 0.755 e. The van der Waals surface area contributed by atoms with Crippen molar-refractivity contribution in [2.24, 2.45) is 0 Å². The molecule has 0 aliphatic carbocycles. The number of ether oxygens (including phenoxy) is 1. The van der Waals surface area contributed by atoms with Crippen LogP contribution < -0.4 is 4.31 Å². The van der Waals surface area contributed by atoms with Crippen molar-refractivity contribution in [2.75, 3.05) is 23.0 Å². The number of aromatic nitrogens is 2. The highest BCUT2D eigenvalue weighted by Crippen LogP contribution is 2.18. The molecule has 0 N–H and O–H groups in total. The molecule has 1 unspecified atom stereocenters. The average Bonchev–Trinajstić information content (AvgIpc) is 2.86. The lowest BCUT2D eigenvalue weighted by atomic mass is 10.4. The second-order valence-corrected chi connectivity index (χ2v) is 7.63. The predicted molar refractivity (Wildman–Crippen MR) is 82.3 cm³/mol. The van der Waals surface area contributed by atoms with E-state index in [1.807, 2.05) is 0 Å². The number of esters is 1. The van der Waals surface area contributed by atoms with Gasteiger partial charge < -0.3 is 13.7 Å². The second-order valence-electron chi connectivity index (χ2n) is 4.65. The Morgan fingerprint density at radius 1 is 1.43 bits per heavy atom. The van der Waals surface area contributed by atoms with Gasteiger partial charge in [-0.15, -0.1) is 0 Å². The maximum Gasteiger partial charge on any atom is 0.358 e. The Balaban J connectivity index is 2.42. The fraction of sp³-hybridized carbons (Fsp3) is 0.333. The summed E-state index contributed by atoms with van der Waals surface area (Å²) in [6.45, 7) is 1.87. The van der Waals surface area contributed by atoms with E-state index >= 15 is 0 Å². The van der Waals surface area contributed by atoms with E-state index < -0.39 is 32.9 Å². The maximum absolute atomic E-state index is 11.6. The zero-order chi connectivity index (χ0) is 17.2. The Kier molecular flexibility index (Phi) is 5.02. The first kappa shape index (κ1) is 17.4. The molecular formula is C12H14N3O6S2-. The van der Waals surface area contributed by atoms with Gasteiger partial charge in [-0.25, -0.2) is 18.2 Å². The Hall–Kier alpha value is -1.98. The summed E-state index contributed by atoms with van der Waals surface area (Å²) in [5.74, 6) is -1.29. The van der Waals surface area contributed by atoms with E-state index in [0.29, 0.717) is 9.95 Å². The van der Waals surface area contributed by atoms with Crippen molar-refractivity contribution < 1.29 is 26.7 Å². The number of fused-ring (bicyclic) bond motifs is 1. The summed E-state index contributed by atoms with van der Waals surface area (Å²) in [6, 6.07) is 2.87. The highest BCUT2D eigenvalue weighted by Gasteiger charge is 2.16. The smallest absolute Gasteiger partial charge is 0.358 e. The van der Waals surface area contributed by atoms with Crippen LogP contribution in [0.3, 0.4) is 0 Å². The molecule has 0 aromatic carbocycles. The quantitative estimate of drug-likeness (QED) is 0.529. The van der Waals surface area contributed by atoms with E-state index in [0.717, 1.165) is 6.26 Å². The molecule has 23 heavy (non-hydrogen) atoms. The number of carbonyl (C=O) groups is 1. The molecule has 0 aliphatic rings. The van der Waals surface area contributed by atoms with Crippen LogP contribution in [0, 0.1) is 0 Å². The maximum atomic E-state index is 11.6. The number of carbonyl (C=O) groups excluding carboxylic acids is 1. The third-order valence-corrected chi connectivity index (χ3v) is 4.33. The molecule has 1 atom stereocenters. The fourth-order valence-corrected chi connectivity index (χ4v) is 3.62. The lowest BCUT2D eigenvalue weighted by Crippen LogP contribution is -2.31. The van der Waals surface area contributed by atoms with E-state index in [9.17, 15) is 22.0 Å². The summed E-state index contributed by atoms with van der Waals surface area (Å²) in [5.41, 5.74) is 0.596. The molecule has 0 fully saturated rings. The van der Waals surface area contributed by atoms with Gasteiger partial charge in [0.05, 0.1) is 12.3 Å². The van der Waals surface area contributed by atoms with Gasteiger partial charge >= 0.3 is 5.97 Å². The minimum Gasteiger partial charge on any atom is -0.755 e. The molecule has 0 spiro atoms. The van der Waals surface area contributed by atoms with Crippen LogP contribution in [0.15, 0.2) is 24.5 Å². The lowest BCUT2D eigenvalue weighted by Gasteiger charge is -2.25. The Morgan fingerprint density at radius 2 is 2.13 bits per heavy atom. The zero-order valence-electron chi connectivity index (χ0n) is 12.3. The number of imidazole rings is 1. The standard InChI is InChI=1S/C12H15N3O6S2/c1-3-21-12(16)10-7-14-6-9(4-5-11(14)13-10)15(22(17)18)8-23(2,19)20/h4-7H,3,8H2,1-2H3,(H,17,18)/p-1. The highest BCUT2D eigenvalue weighted by atomic mass is 32.2. The lowest BCUT2D eigenvalue weighted by molar-refractivity contribution is 0.0520. The van der Waals surface area contributed by atoms with Gasteiger partial charge in [-0.2, -0.15) is 0 Å². The van der Waals surface area contributed by atoms with Crippen molar-refractivity contribution in [3.8, 4) is 0 Å². The molecule has 2 heterocycles. The molecule has 9 nitrogen and oxygen atoms in total. The first-order valence-electron chi connectivity index (χ1n) is 6.42. The van der Waals surface area contributed by atoms with Gasteiger partial charge in [-0.1, -0.05) is 0 Å². The molecule has 0 saturated carbocycles. The molecule has 2 aromatic rings. The summed E-state index contributed by atoms with van der Waals surface area (Å²) in [5, 5.41) is 0. The number of nitrogens with zero attached hydrogens (tertiary/aromatic N) is 3. The van der Waals surface area contributed by atoms with E-state index in [-0.39, 0.29) is 18.0 Å². The van der Waals surface area contributed by atoms with Crippen LogP contribution in [-0.4, -0.2) is 51.3 Å². The number of hydrogen-bond acceptors (Lipinski definition) is 7. The Bertz CT molecular complexity index is 861. The molecule has 0 bridgehead atoms. The van der Waals surface area contributed by atoms with Crippen LogP contribution in [0.25, 0.3) is 5.65 Å². The molecule has 2 rings (SSSR count). The summed E-state index contributed by atoms with van der Waals surface area (Å²) in [6.07, 6.45) is 3.68. The first-order chi connectivity index (χ1) is 10.7. The topological polar surface area (TPSA) is 121 Å². The summed E-state index contributed by atoms with van der Waals surface area (Å²) >= 11 is -2.77. The average molecular weight is 360 g/mol. The molecule has 0 amide bonds. The van der Waals surface area contributed by atoms with Gasteiger partial charge in [0.1, 0.15) is 11.5 Å². The monoisotopic (exact) mass is 360 g/mol. The normalized spacial score (nSPS) is 13.0. The van der Waals surface area contributed by atoms with Crippen LogP contribution in [0.1, 0.15) is 17.4 Å². The second kappa shape index (κ2) is 6.64. The minimum atomic E-state index is -3.55. The molecule has 0 saturated heterocycles. The van der Waals surface area contributed by atoms with Crippen LogP contribution in [0.4, 0.5) is 5.69 Å². The molecular weight excluding hydrogens is 346 g/mol. The number of rotatable bonds is 6. The predicted octanol–water partition coefficient (Wildman–Crippen LogP) is 0.114. The van der Waals surface area contributed by atoms with Crippen molar-refractivity contribution in [3.05, 3.63) is 30.2 Å². The van der Waals surface area contributed by atoms with Crippen molar-refractivity contribution in [1.82, 2.24) is 9.38 Å². The van der Waals surface area contributed by atoms with Gasteiger partial charge in [-0.3, -0.25) is 8.51 Å². The molecule has 11 heteroatoms. The van der Waals surface area contributed by atoms with Gasteiger partial charge in [0, 0.05) is 29.9 Å². The van der Waals surface area contributed by atoms with E-state index in [1.54, 1.807) is 6.92 Å². The van der Waals surface area contributed by atoms with Crippen LogP contribution in [0.5, 0.6) is 0 Å². The number of hydrogen-bond donors (Lipinski definition) is 0.